The van der Waals surface area contributed by atoms with Crippen LogP contribution in [0.3, 0.4) is 0 Å². The van der Waals surface area contributed by atoms with Crippen LogP contribution < -0.4 is 16.0 Å². The quantitative estimate of drug-likeness (QED) is 0.567. The lowest BCUT2D eigenvalue weighted by Crippen LogP contribution is -2.12. The van der Waals surface area contributed by atoms with Gasteiger partial charge in [0.15, 0.2) is 5.65 Å². The molecule has 3 N–H and O–H groups in total. The number of anilines is 1. The highest BCUT2D eigenvalue weighted by molar-refractivity contribution is 5.66. The van der Waals surface area contributed by atoms with Gasteiger partial charge in [0.1, 0.15) is 11.6 Å². The van der Waals surface area contributed by atoms with E-state index in [-0.39, 0.29) is 0 Å². The molecule has 0 aliphatic heterocycles. The number of methoxy groups -OCH3 is 1. The zero-order valence-corrected chi connectivity index (χ0v) is 12.0. The molecule has 2 heterocycles. The van der Waals surface area contributed by atoms with Gasteiger partial charge < -0.3 is 10.2 Å². The van der Waals surface area contributed by atoms with Gasteiger partial charge in [-0.3, -0.25) is 0 Å². The zero-order valence-electron chi connectivity index (χ0n) is 12.0. The number of nitrogen functional groups attached to an aromatic ring is 1. The Morgan fingerprint density at radius 3 is 2.62 bits per heavy atom. The fourth-order valence-electron chi connectivity index (χ4n) is 2.21. The van der Waals surface area contributed by atoms with Crippen LogP contribution in [0, 0.1) is 0 Å². The Morgan fingerprint density at radius 1 is 1.24 bits per heavy atom. The summed E-state index contributed by atoms with van der Waals surface area (Å²) in [5.74, 6) is 7.11. The van der Waals surface area contributed by atoms with Crippen LogP contribution in [-0.2, 0) is 6.42 Å². The van der Waals surface area contributed by atoms with E-state index in [0.717, 1.165) is 40.6 Å². The van der Waals surface area contributed by atoms with E-state index in [2.05, 4.69) is 22.4 Å². The number of rotatable bonds is 4. The number of ether oxygens (including phenoxy) is 1. The Labute approximate surface area is 122 Å². The first-order valence-corrected chi connectivity index (χ1v) is 6.76. The number of aromatic nitrogens is 3. The smallest absolute Gasteiger partial charge is 0.158 e. The van der Waals surface area contributed by atoms with Gasteiger partial charge in [0, 0.05) is 23.4 Å². The van der Waals surface area contributed by atoms with Gasteiger partial charge in [0.05, 0.1) is 12.8 Å². The van der Waals surface area contributed by atoms with Crippen LogP contribution in [0.2, 0.25) is 0 Å². The maximum atomic E-state index is 5.57. The normalized spacial score (nSPS) is 10.8. The summed E-state index contributed by atoms with van der Waals surface area (Å²) in [6, 6.07) is 11.6. The Balaban J connectivity index is 2.11. The molecule has 6 nitrogen and oxygen atoms in total. The second-order valence-electron chi connectivity index (χ2n) is 4.66. The summed E-state index contributed by atoms with van der Waals surface area (Å²) >= 11 is 0. The van der Waals surface area contributed by atoms with E-state index in [1.165, 1.54) is 0 Å². The highest BCUT2D eigenvalue weighted by Gasteiger charge is 2.10. The van der Waals surface area contributed by atoms with Crippen LogP contribution in [-0.4, -0.2) is 21.7 Å². The molecule has 0 unspecified atom stereocenters. The lowest BCUT2D eigenvalue weighted by molar-refractivity contribution is 0.415. The van der Waals surface area contributed by atoms with E-state index >= 15 is 0 Å². The molecule has 2 aromatic heterocycles. The summed E-state index contributed by atoms with van der Waals surface area (Å²) in [5.41, 5.74) is 6.25. The predicted molar refractivity (Wildman–Crippen MR) is 82.2 cm³/mol. The molecule has 0 spiro atoms. The van der Waals surface area contributed by atoms with Crippen LogP contribution in [0.25, 0.3) is 16.9 Å². The number of hydrogen-bond acceptors (Lipinski definition) is 5. The molecule has 0 saturated heterocycles. The van der Waals surface area contributed by atoms with Gasteiger partial charge in [-0.2, -0.15) is 9.61 Å². The third kappa shape index (κ3) is 2.41. The van der Waals surface area contributed by atoms with Crippen LogP contribution in [0.4, 0.5) is 5.82 Å². The van der Waals surface area contributed by atoms with Crippen molar-refractivity contribution in [1.82, 2.24) is 14.6 Å². The highest BCUT2D eigenvalue weighted by atomic mass is 16.5. The molecule has 21 heavy (non-hydrogen) atoms. The van der Waals surface area contributed by atoms with Crippen molar-refractivity contribution in [1.29, 1.82) is 0 Å². The molecule has 0 radical (unpaired) electrons. The molecule has 0 fully saturated rings. The number of aryl methyl sites for hydroxylation is 1. The van der Waals surface area contributed by atoms with Crippen LogP contribution in [0.1, 0.15) is 12.6 Å². The fraction of sp³-hybridized carbons (Fsp3) is 0.200. The SMILES string of the molecule is CCc1cc(NN)n2nc(-c3ccc(OC)cc3)cc2n1. The average molecular weight is 283 g/mol. The molecule has 3 aromatic rings. The second kappa shape index (κ2) is 5.41. The molecule has 108 valence electrons. The van der Waals surface area contributed by atoms with Gasteiger partial charge in [-0.25, -0.2) is 10.8 Å². The third-order valence-corrected chi connectivity index (χ3v) is 3.38. The summed E-state index contributed by atoms with van der Waals surface area (Å²) in [4.78, 5) is 4.56. The minimum absolute atomic E-state index is 0.719. The van der Waals surface area contributed by atoms with E-state index in [0.29, 0.717) is 0 Å². The minimum Gasteiger partial charge on any atom is -0.497 e. The summed E-state index contributed by atoms with van der Waals surface area (Å²) in [6.07, 6.45) is 0.841. The van der Waals surface area contributed by atoms with E-state index in [4.69, 9.17) is 10.6 Å². The maximum Gasteiger partial charge on any atom is 0.158 e. The number of hydrogen-bond donors (Lipinski definition) is 2. The fourth-order valence-corrected chi connectivity index (χ4v) is 2.21. The number of hydrazine groups is 1. The number of benzene rings is 1. The Morgan fingerprint density at radius 2 is 2.00 bits per heavy atom. The molecule has 6 heteroatoms. The van der Waals surface area contributed by atoms with Crippen molar-refractivity contribution < 1.29 is 4.74 Å². The first kappa shape index (κ1) is 13.4. The molecule has 0 amide bonds. The standard InChI is InChI=1S/C15H17N5O/c1-3-11-8-15(18-16)20-14(17-11)9-13(19-20)10-4-6-12(21-2)7-5-10/h4-9,18H,3,16H2,1-2H3. The lowest BCUT2D eigenvalue weighted by Gasteiger charge is -2.05. The molecule has 0 aliphatic carbocycles. The van der Waals surface area contributed by atoms with E-state index in [1.54, 1.807) is 11.6 Å². The van der Waals surface area contributed by atoms with Crippen molar-refractivity contribution in [2.75, 3.05) is 12.5 Å². The molecular formula is C15H17N5O. The number of nitrogens with one attached hydrogen (secondary N) is 1. The van der Waals surface area contributed by atoms with Gasteiger partial charge in [-0.05, 0) is 30.7 Å². The molecular weight excluding hydrogens is 266 g/mol. The van der Waals surface area contributed by atoms with Crippen molar-refractivity contribution in [2.24, 2.45) is 5.84 Å². The maximum absolute atomic E-state index is 5.57. The second-order valence-corrected chi connectivity index (χ2v) is 4.66. The summed E-state index contributed by atoms with van der Waals surface area (Å²) in [6.45, 7) is 2.06. The molecule has 0 bridgehead atoms. The first-order valence-electron chi connectivity index (χ1n) is 6.76. The number of fused-ring (bicyclic) bond motifs is 1. The minimum atomic E-state index is 0.719. The molecule has 0 atom stereocenters. The Hall–Kier alpha value is -2.60. The molecule has 0 aliphatic rings. The third-order valence-electron chi connectivity index (χ3n) is 3.38. The van der Waals surface area contributed by atoms with Crippen molar-refractivity contribution in [2.45, 2.75) is 13.3 Å². The topological polar surface area (TPSA) is 77.5 Å². The Kier molecular flexibility index (Phi) is 3.45. The first-order chi connectivity index (χ1) is 10.2. The van der Waals surface area contributed by atoms with Crippen molar-refractivity contribution in [3.8, 4) is 17.0 Å². The number of nitrogens with zero attached hydrogens (tertiary/aromatic N) is 3. The van der Waals surface area contributed by atoms with E-state index in [9.17, 15) is 0 Å². The van der Waals surface area contributed by atoms with Crippen LogP contribution >= 0.6 is 0 Å². The summed E-state index contributed by atoms with van der Waals surface area (Å²) in [5, 5.41) is 4.56. The highest BCUT2D eigenvalue weighted by Crippen LogP contribution is 2.23. The average Bonchev–Trinajstić information content (AvgIpc) is 2.97. The molecule has 0 saturated carbocycles. The van der Waals surface area contributed by atoms with Crippen molar-refractivity contribution in [3.05, 3.63) is 42.1 Å². The van der Waals surface area contributed by atoms with Gasteiger partial charge >= 0.3 is 0 Å². The largest absolute Gasteiger partial charge is 0.497 e. The van der Waals surface area contributed by atoms with Crippen LogP contribution in [0.5, 0.6) is 5.75 Å². The summed E-state index contributed by atoms with van der Waals surface area (Å²) in [7, 11) is 1.65. The van der Waals surface area contributed by atoms with Crippen molar-refractivity contribution >= 4 is 11.5 Å². The van der Waals surface area contributed by atoms with Crippen molar-refractivity contribution in [3.63, 3.8) is 0 Å². The zero-order chi connectivity index (χ0) is 14.8. The van der Waals surface area contributed by atoms with Gasteiger partial charge in [0.2, 0.25) is 0 Å². The van der Waals surface area contributed by atoms with Gasteiger partial charge in [0.25, 0.3) is 0 Å². The van der Waals surface area contributed by atoms with Crippen LogP contribution in [0.15, 0.2) is 36.4 Å². The van der Waals surface area contributed by atoms with E-state index in [1.807, 2.05) is 36.4 Å². The molecule has 3 rings (SSSR count). The monoisotopic (exact) mass is 283 g/mol. The molecule has 1 aromatic carbocycles. The lowest BCUT2D eigenvalue weighted by atomic mass is 10.1. The summed E-state index contributed by atoms with van der Waals surface area (Å²) < 4.78 is 6.87. The predicted octanol–water partition coefficient (Wildman–Crippen LogP) is 2.25. The van der Waals surface area contributed by atoms with E-state index < -0.39 is 0 Å². The Bertz CT molecular complexity index is 764. The van der Waals surface area contributed by atoms with Gasteiger partial charge in [-0.15, -0.1) is 0 Å². The number of nitrogens with two attached hydrogens (primary N) is 1. The van der Waals surface area contributed by atoms with Gasteiger partial charge in [-0.1, -0.05) is 6.92 Å².